The summed E-state index contributed by atoms with van der Waals surface area (Å²) in [6, 6.07) is 0. The first-order valence-electron chi connectivity index (χ1n) is 3.90. The highest BCUT2D eigenvalue weighted by Crippen LogP contribution is 2.12. The molecule has 1 N–H and O–H groups in total. The standard InChI is InChI=1S/C8H18O/c1-4-6-7(3)8(9)5-2/h7-9H,4-6H2,1-3H3/t7-,8+/m0/s1. The molecule has 0 bridgehead atoms. The molecule has 0 spiro atoms. The highest BCUT2D eigenvalue weighted by Gasteiger charge is 2.09. The van der Waals surface area contributed by atoms with Gasteiger partial charge in [0.1, 0.15) is 0 Å². The Balaban J connectivity index is 3.32. The van der Waals surface area contributed by atoms with Crippen LogP contribution in [0.3, 0.4) is 0 Å². The molecule has 0 aromatic rings. The van der Waals surface area contributed by atoms with Gasteiger partial charge >= 0.3 is 0 Å². The molecule has 0 heterocycles. The molecular weight excluding hydrogens is 112 g/mol. The number of aliphatic hydroxyl groups excluding tert-OH is 1. The molecule has 9 heavy (non-hydrogen) atoms. The van der Waals surface area contributed by atoms with Gasteiger partial charge < -0.3 is 5.11 Å². The van der Waals surface area contributed by atoms with Crippen molar-refractivity contribution in [3.05, 3.63) is 0 Å². The maximum atomic E-state index is 9.26. The average Bonchev–Trinajstić information content (AvgIpc) is 1.87. The van der Waals surface area contributed by atoms with Gasteiger partial charge in [0.2, 0.25) is 0 Å². The van der Waals surface area contributed by atoms with E-state index in [0.717, 1.165) is 12.8 Å². The lowest BCUT2D eigenvalue weighted by Gasteiger charge is -2.15. The van der Waals surface area contributed by atoms with Crippen LogP contribution in [0.5, 0.6) is 0 Å². The molecule has 0 radical (unpaired) electrons. The van der Waals surface area contributed by atoms with Crippen LogP contribution in [0.25, 0.3) is 0 Å². The fourth-order valence-corrected chi connectivity index (χ4v) is 1.05. The Bertz CT molecular complexity index is 61.6. The summed E-state index contributed by atoms with van der Waals surface area (Å²) in [5, 5.41) is 9.26. The second-order valence-corrected chi connectivity index (χ2v) is 2.74. The van der Waals surface area contributed by atoms with E-state index in [1.807, 2.05) is 6.92 Å². The van der Waals surface area contributed by atoms with Gasteiger partial charge in [-0.05, 0) is 18.8 Å². The van der Waals surface area contributed by atoms with Crippen molar-refractivity contribution in [2.75, 3.05) is 0 Å². The lowest BCUT2D eigenvalue weighted by molar-refractivity contribution is 0.107. The zero-order valence-corrected chi connectivity index (χ0v) is 6.72. The molecule has 0 unspecified atom stereocenters. The van der Waals surface area contributed by atoms with E-state index < -0.39 is 0 Å². The van der Waals surface area contributed by atoms with Crippen LogP contribution in [0.4, 0.5) is 0 Å². The molecule has 0 aromatic carbocycles. The molecule has 0 aliphatic carbocycles. The van der Waals surface area contributed by atoms with Gasteiger partial charge in [-0.15, -0.1) is 0 Å². The highest BCUT2D eigenvalue weighted by atomic mass is 16.3. The van der Waals surface area contributed by atoms with Crippen LogP contribution < -0.4 is 0 Å². The largest absolute Gasteiger partial charge is 0.393 e. The van der Waals surface area contributed by atoms with Crippen molar-refractivity contribution < 1.29 is 5.11 Å². The molecule has 1 nitrogen and oxygen atoms in total. The lowest BCUT2D eigenvalue weighted by atomic mass is 9.98. The van der Waals surface area contributed by atoms with Crippen molar-refractivity contribution in [2.45, 2.75) is 46.1 Å². The Morgan fingerprint density at radius 2 is 1.89 bits per heavy atom. The van der Waals surface area contributed by atoms with Gasteiger partial charge in [-0.3, -0.25) is 0 Å². The van der Waals surface area contributed by atoms with Crippen LogP contribution in [-0.4, -0.2) is 11.2 Å². The van der Waals surface area contributed by atoms with E-state index in [2.05, 4.69) is 13.8 Å². The van der Waals surface area contributed by atoms with Crippen molar-refractivity contribution in [3.8, 4) is 0 Å². The SMILES string of the molecule is CCC[C@H](C)[C@H](O)CC. The molecule has 2 atom stereocenters. The van der Waals surface area contributed by atoms with Gasteiger partial charge in [0.25, 0.3) is 0 Å². The Morgan fingerprint density at radius 1 is 1.33 bits per heavy atom. The minimum Gasteiger partial charge on any atom is -0.393 e. The van der Waals surface area contributed by atoms with Crippen LogP contribution in [-0.2, 0) is 0 Å². The number of rotatable bonds is 4. The highest BCUT2D eigenvalue weighted by molar-refractivity contribution is 4.60. The zero-order chi connectivity index (χ0) is 7.28. The molecule has 1 heteroatoms. The number of hydrogen-bond acceptors (Lipinski definition) is 1. The van der Waals surface area contributed by atoms with Crippen LogP contribution >= 0.6 is 0 Å². The normalized spacial score (nSPS) is 17.3. The van der Waals surface area contributed by atoms with Crippen LogP contribution in [0, 0.1) is 5.92 Å². The molecular formula is C8H18O. The molecule has 0 saturated carbocycles. The first-order valence-corrected chi connectivity index (χ1v) is 3.90. The van der Waals surface area contributed by atoms with Crippen molar-refractivity contribution in [1.29, 1.82) is 0 Å². The molecule has 0 saturated heterocycles. The number of hydrogen-bond donors (Lipinski definition) is 1. The van der Waals surface area contributed by atoms with Crippen LogP contribution in [0.15, 0.2) is 0 Å². The summed E-state index contributed by atoms with van der Waals surface area (Å²) in [6.45, 7) is 6.29. The minimum absolute atomic E-state index is 0.0788. The third kappa shape index (κ3) is 3.52. The predicted octanol–water partition coefficient (Wildman–Crippen LogP) is 2.19. The summed E-state index contributed by atoms with van der Waals surface area (Å²) >= 11 is 0. The van der Waals surface area contributed by atoms with E-state index in [0.29, 0.717) is 5.92 Å². The summed E-state index contributed by atoms with van der Waals surface area (Å²) in [7, 11) is 0. The smallest absolute Gasteiger partial charge is 0.0563 e. The maximum Gasteiger partial charge on any atom is 0.0563 e. The fourth-order valence-electron chi connectivity index (χ4n) is 1.05. The second-order valence-electron chi connectivity index (χ2n) is 2.74. The average molecular weight is 130 g/mol. The molecule has 0 fully saturated rings. The monoisotopic (exact) mass is 130 g/mol. The van der Waals surface area contributed by atoms with Gasteiger partial charge in [-0.1, -0.05) is 27.2 Å². The molecule has 56 valence electrons. The van der Waals surface area contributed by atoms with E-state index in [1.165, 1.54) is 6.42 Å². The third-order valence-electron chi connectivity index (χ3n) is 1.82. The topological polar surface area (TPSA) is 20.2 Å². The van der Waals surface area contributed by atoms with E-state index >= 15 is 0 Å². The van der Waals surface area contributed by atoms with E-state index in [1.54, 1.807) is 0 Å². The van der Waals surface area contributed by atoms with E-state index in [9.17, 15) is 5.11 Å². The Kier molecular flexibility index (Phi) is 4.78. The van der Waals surface area contributed by atoms with Gasteiger partial charge in [0, 0.05) is 0 Å². The second kappa shape index (κ2) is 4.80. The Morgan fingerprint density at radius 3 is 2.22 bits per heavy atom. The van der Waals surface area contributed by atoms with Crippen molar-refractivity contribution in [3.63, 3.8) is 0 Å². The summed E-state index contributed by atoms with van der Waals surface area (Å²) in [5.41, 5.74) is 0. The maximum absolute atomic E-state index is 9.26. The first kappa shape index (κ1) is 8.96. The van der Waals surface area contributed by atoms with Crippen LogP contribution in [0.1, 0.15) is 40.0 Å². The zero-order valence-electron chi connectivity index (χ0n) is 6.72. The van der Waals surface area contributed by atoms with Gasteiger partial charge in [0.05, 0.1) is 6.10 Å². The van der Waals surface area contributed by atoms with E-state index in [-0.39, 0.29) is 6.10 Å². The van der Waals surface area contributed by atoms with Gasteiger partial charge in [0.15, 0.2) is 0 Å². The van der Waals surface area contributed by atoms with Crippen molar-refractivity contribution >= 4 is 0 Å². The minimum atomic E-state index is -0.0788. The summed E-state index contributed by atoms with van der Waals surface area (Å²) in [5.74, 6) is 0.486. The van der Waals surface area contributed by atoms with Crippen LogP contribution in [0.2, 0.25) is 0 Å². The third-order valence-corrected chi connectivity index (χ3v) is 1.82. The number of aliphatic hydroxyl groups is 1. The quantitative estimate of drug-likeness (QED) is 0.618. The molecule has 0 aliphatic heterocycles. The summed E-state index contributed by atoms with van der Waals surface area (Å²) < 4.78 is 0. The Hall–Kier alpha value is -0.0400. The summed E-state index contributed by atoms with van der Waals surface area (Å²) in [4.78, 5) is 0. The first-order chi connectivity index (χ1) is 4.22. The van der Waals surface area contributed by atoms with Gasteiger partial charge in [-0.2, -0.15) is 0 Å². The molecule has 0 aliphatic rings. The molecule has 0 amide bonds. The molecule has 0 aromatic heterocycles. The fraction of sp³-hybridized carbons (Fsp3) is 1.00. The molecule has 0 rings (SSSR count). The van der Waals surface area contributed by atoms with Crippen molar-refractivity contribution in [1.82, 2.24) is 0 Å². The summed E-state index contributed by atoms with van der Waals surface area (Å²) in [6.07, 6.45) is 3.14. The Labute approximate surface area is 58.1 Å². The predicted molar refractivity (Wildman–Crippen MR) is 40.4 cm³/mol. The van der Waals surface area contributed by atoms with Crippen molar-refractivity contribution in [2.24, 2.45) is 5.92 Å². The van der Waals surface area contributed by atoms with Gasteiger partial charge in [-0.25, -0.2) is 0 Å². The van der Waals surface area contributed by atoms with E-state index in [4.69, 9.17) is 0 Å². The lowest BCUT2D eigenvalue weighted by Crippen LogP contribution is -2.15.